The number of nitrogens with one attached hydrogen (secondary N) is 2. The fourth-order valence-electron chi connectivity index (χ4n) is 4.53. The molecule has 5 heterocycles. The number of anilines is 2. The average molecular weight is 410 g/mol. The molecule has 31 heavy (non-hydrogen) atoms. The SMILES string of the molecule is Cn1ccc2c(-c3ncc(Nc4cccc(C5CCC5)n4)c4c3CNC4=O)ccnc21. The van der Waals surface area contributed by atoms with Crippen LogP contribution in [-0.4, -0.2) is 25.4 Å². The van der Waals surface area contributed by atoms with Crippen molar-refractivity contribution in [3.63, 3.8) is 0 Å². The Kier molecular flexibility index (Phi) is 4.02. The van der Waals surface area contributed by atoms with Gasteiger partial charge in [0, 0.05) is 54.1 Å². The first-order valence-corrected chi connectivity index (χ1v) is 10.6. The molecule has 4 aromatic rings. The van der Waals surface area contributed by atoms with Crippen molar-refractivity contribution in [1.82, 2.24) is 24.8 Å². The summed E-state index contributed by atoms with van der Waals surface area (Å²) < 4.78 is 1.99. The van der Waals surface area contributed by atoms with E-state index in [4.69, 9.17) is 9.97 Å². The Morgan fingerprint density at radius 3 is 2.90 bits per heavy atom. The van der Waals surface area contributed by atoms with E-state index in [1.165, 1.54) is 19.3 Å². The predicted molar refractivity (Wildman–Crippen MR) is 119 cm³/mol. The largest absolute Gasteiger partial charge is 0.348 e. The second-order valence-electron chi connectivity index (χ2n) is 8.28. The smallest absolute Gasteiger partial charge is 0.254 e. The first-order chi connectivity index (χ1) is 15.2. The van der Waals surface area contributed by atoms with Crippen molar-refractivity contribution in [2.24, 2.45) is 7.05 Å². The Balaban J connectivity index is 1.43. The van der Waals surface area contributed by atoms with E-state index in [2.05, 4.69) is 21.7 Å². The molecule has 4 aromatic heterocycles. The number of aryl methyl sites for hydroxylation is 1. The Hall–Kier alpha value is -3.74. The van der Waals surface area contributed by atoms with Crippen molar-refractivity contribution in [2.75, 3.05) is 5.32 Å². The number of fused-ring (bicyclic) bond motifs is 2. The van der Waals surface area contributed by atoms with Crippen LogP contribution >= 0.6 is 0 Å². The minimum atomic E-state index is -0.0883. The van der Waals surface area contributed by atoms with Gasteiger partial charge in [-0.3, -0.25) is 9.78 Å². The lowest BCUT2D eigenvalue weighted by Gasteiger charge is -2.25. The molecule has 7 nitrogen and oxygen atoms in total. The van der Waals surface area contributed by atoms with Gasteiger partial charge in [-0.2, -0.15) is 0 Å². The first-order valence-electron chi connectivity index (χ1n) is 10.6. The number of aromatic nitrogens is 4. The maximum atomic E-state index is 12.7. The molecule has 2 aliphatic rings. The molecule has 1 saturated carbocycles. The van der Waals surface area contributed by atoms with Crippen molar-refractivity contribution in [3.8, 4) is 11.3 Å². The van der Waals surface area contributed by atoms with E-state index in [1.807, 2.05) is 42.1 Å². The van der Waals surface area contributed by atoms with E-state index < -0.39 is 0 Å². The zero-order chi connectivity index (χ0) is 20.9. The summed E-state index contributed by atoms with van der Waals surface area (Å²) in [6, 6.07) is 10.0. The molecular weight excluding hydrogens is 388 g/mol. The third-order valence-corrected chi connectivity index (χ3v) is 6.41. The quantitative estimate of drug-likeness (QED) is 0.524. The molecule has 0 saturated heterocycles. The molecule has 1 fully saturated rings. The summed E-state index contributed by atoms with van der Waals surface area (Å²) in [6.07, 6.45) is 9.19. The zero-order valence-electron chi connectivity index (χ0n) is 17.2. The molecule has 1 aliphatic carbocycles. The van der Waals surface area contributed by atoms with Crippen LogP contribution in [0.4, 0.5) is 11.5 Å². The molecule has 0 radical (unpaired) electrons. The van der Waals surface area contributed by atoms with Crippen LogP contribution in [-0.2, 0) is 13.6 Å². The van der Waals surface area contributed by atoms with Gasteiger partial charge in [0.2, 0.25) is 0 Å². The van der Waals surface area contributed by atoms with Crippen LogP contribution in [0, 0.1) is 0 Å². The highest BCUT2D eigenvalue weighted by atomic mass is 16.1. The van der Waals surface area contributed by atoms with Crippen molar-refractivity contribution < 1.29 is 4.79 Å². The van der Waals surface area contributed by atoms with Gasteiger partial charge in [-0.05, 0) is 37.1 Å². The van der Waals surface area contributed by atoms with Gasteiger partial charge >= 0.3 is 0 Å². The number of hydrogen-bond acceptors (Lipinski definition) is 5. The molecule has 0 spiro atoms. The second-order valence-corrected chi connectivity index (χ2v) is 8.28. The molecule has 1 aliphatic heterocycles. The summed E-state index contributed by atoms with van der Waals surface area (Å²) >= 11 is 0. The normalized spacial score (nSPS) is 15.6. The van der Waals surface area contributed by atoms with Crippen LogP contribution in [0.2, 0.25) is 0 Å². The van der Waals surface area contributed by atoms with E-state index in [1.54, 1.807) is 12.4 Å². The Bertz CT molecular complexity index is 1340. The van der Waals surface area contributed by atoms with Gasteiger partial charge < -0.3 is 15.2 Å². The van der Waals surface area contributed by atoms with Crippen molar-refractivity contribution in [2.45, 2.75) is 31.7 Å². The van der Waals surface area contributed by atoms with E-state index in [0.29, 0.717) is 23.7 Å². The zero-order valence-corrected chi connectivity index (χ0v) is 17.2. The molecule has 0 unspecified atom stereocenters. The lowest BCUT2D eigenvalue weighted by atomic mass is 9.83. The van der Waals surface area contributed by atoms with Crippen LogP contribution < -0.4 is 10.6 Å². The Labute approximate surface area is 179 Å². The highest BCUT2D eigenvalue weighted by molar-refractivity contribution is 6.06. The standard InChI is InChI=1S/C24H22N6O/c1-30-11-9-16-15(8-10-25-23(16)30)22-17-12-27-24(31)21(17)19(13-26-22)29-20-7-3-6-18(28-20)14-4-2-5-14/h3,6-11,13-14H,2,4-5,12H2,1H3,(H,27,31)(H,28,29). The van der Waals surface area contributed by atoms with Gasteiger partial charge in [-0.25, -0.2) is 9.97 Å². The van der Waals surface area contributed by atoms with E-state index in [9.17, 15) is 4.79 Å². The summed E-state index contributed by atoms with van der Waals surface area (Å²) in [5, 5.41) is 7.33. The fraction of sp³-hybridized carbons (Fsp3) is 0.250. The maximum Gasteiger partial charge on any atom is 0.254 e. The minimum Gasteiger partial charge on any atom is -0.348 e. The monoisotopic (exact) mass is 410 g/mol. The Morgan fingerprint density at radius 2 is 2.06 bits per heavy atom. The maximum absolute atomic E-state index is 12.7. The van der Waals surface area contributed by atoms with Crippen molar-refractivity contribution in [3.05, 3.63) is 65.7 Å². The van der Waals surface area contributed by atoms with Crippen molar-refractivity contribution >= 4 is 28.4 Å². The highest BCUT2D eigenvalue weighted by Gasteiger charge is 2.28. The number of carbonyl (C=O) groups is 1. The van der Waals surface area contributed by atoms with Crippen LogP contribution in [0.3, 0.4) is 0 Å². The van der Waals surface area contributed by atoms with Crippen LogP contribution in [0.1, 0.15) is 46.8 Å². The van der Waals surface area contributed by atoms with Crippen LogP contribution in [0.5, 0.6) is 0 Å². The molecule has 6 rings (SSSR count). The highest BCUT2D eigenvalue weighted by Crippen LogP contribution is 2.37. The number of amides is 1. The average Bonchev–Trinajstić information content (AvgIpc) is 3.31. The number of nitrogens with zero attached hydrogens (tertiary/aromatic N) is 4. The van der Waals surface area contributed by atoms with Crippen LogP contribution in [0.25, 0.3) is 22.3 Å². The lowest BCUT2D eigenvalue weighted by Crippen LogP contribution is -2.14. The second kappa shape index (κ2) is 6.91. The first kappa shape index (κ1) is 18.1. The van der Waals surface area contributed by atoms with Gasteiger partial charge in [-0.1, -0.05) is 12.5 Å². The molecular formula is C24H22N6O. The van der Waals surface area contributed by atoms with E-state index >= 15 is 0 Å². The fourth-order valence-corrected chi connectivity index (χ4v) is 4.53. The van der Waals surface area contributed by atoms with Gasteiger partial charge in [0.15, 0.2) is 0 Å². The van der Waals surface area contributed by atoms with Gasteiger partial charge in [0.05, 0.1) is 23.1 Å². The van der Waals surface area contributed by atoms with Gasteiger partial charge in [0.25, 0.3) is 5.91 Å². The summed E-state index contributed by atoms with van der Waals surface area (Å²) in [5.41, 5.74) is 6.03. The molecule has 0 aromatic carbocycles. The van der Waals surface area contributed by atoms with E-state index in [-0.39, 0.29) is 5.91 Å². The van der Waals surface area contributed by atoms with Gasteiger partial charge in [-0.15, -0.1) is 0 Å². The number of carbonyl (C=O) groups excluding carboxylic acids is 1. The summed E-state index contributed by atoms with van der Waals surface area (Å²) in [5.74, 6) is 1.21. The number of hydrogen-bond donors (Lipinski definition) is 2. The Morgan fingerprint density at radius 1 is 1.16 bits per heavy atom. The van der Waals surface area contributed by atoms with Crippen molar-refractivity contribution in [1.29, 1.82) is 0 Å². The summed E-state index contributed by atoms with van der Waals surface area (Å²) in [6.45, 7) is 0.457. The molecule has 0 bridgehead atoms. The number of pyridine rings is 3. The predicted octanol–water partition coefficient (Wildman–Crippen LogP) is 4.28. The molecule has 0 atom stereocenters. The topological polar surface area (TPSA) is 84.7 Å². The lowest BCUT2D eigenvalue weighted by molar-refractivity contribution is 0.0966. The third kappa shape index (κ3) is 2.88. The third-order valence-electron chi connectivity index (χ3n) is 6.41. The molecule has 154 valence electrons. The molecule has 1 amide bonds. The van der Waals surface area contributed by atoms with Crippen LogP contribution in [0.15, 0.2) is 48.9 Å². The molecule has 2 N–H and O–H groups in total. The minimum absolute atomic E-state index is 0.0883. The van der Waals surface area contributed by atoms with Gasteiger partial charge in [0.1, 0.15) is 11.5 Å². The number of rotatable bonds is 4. The van der Waals surface area contributed by atoms with E-state index in [0.717, 1.165) is 39.4 Å². The summed E-state index contributed by atoms with van der Waals surface area (Å²) in [7, 11) is 1.97. The summed E-state index contributed by atoms with van der Waals surface area (Å²) in [4.78, 5) is 26.8. The molecule has 7 heteroatoms.